The summed E-state index contributed by atoms with van der Waals surface area (Å²) in [4.78, 5) is 14.4. The summed E-state index contributed by atoms with van der Waals surface area (Å²) in [6.07, 6.45) is 1.68. The van der Waals surface area contributed by atoms with Crippen LogP contribution in [0.1, 0.15) is 18.7 Å². The average molecular weight is 225 g/mol. The molecule has 0 aromatic carbocycles. The molecular weight excluding hydrogens is 210 g/mol. The number of aromatic nitrogens is 4. The fraction of sp³-hybridized carbons (Fsp3) is 0.778. The maximum absolute atomic E-state index is 10.9. The van der Waals surface area contributed by atoms with Crippen LogP contribution >= 0.6 is 0 Å². The molecule has 88 valence electrons. The van der Waals surface area contributed by atoms with Crippen molar-refractivity contribution >= 4 is 5.97 Å². The molecule has 0 radical (unpaired) electrons. The molecule has 1 fully saturated rings. The summed E-state index contributed by atoms with van der Waals surface area (Å²) in [6, 6.07) is 0. The minimum Gasteiger partial charge on any atom is -0.481 e. The molecule has 0 spiro atoms. The SMILES string of the molecule is Cn1nnc(CN2CCCC(C(=O)O)C2)n1. The molecule has 7 nitrogen and oxygen atoms in total. The lowest BCUT2D eigenvalue weighted by molar-refractivity contribution is -0.143. The summed E-state index contributed by atoms with van der Waals surface area (Å²) < 4.78 is 0. The summed E-state index contributed by atoms with van der Waals surface area (Å²) in [6.45, 7) is 2.06. The fourth-order valence-corrected chi connectivity index (χ4v) is 1.99. The Morgan fingerprint density at radius 1 is 1.62 bits per heavy atom. The van der Waals surface area contributed by atoms with Crippen molar-refractivity contribution in [2.24, 2.45) is 13.0 Å². The van der Waals surface area contributed by atoms with Gasteiger partial charge in [-0.1, -0.05) is 0 Å². The molecule has 2 rings (SSSR count). The zero-order chi connectivity index (χ0) is 11.5. The third-order valence-corrected chi connectivity index (χ3v) is 2.77. The predicted octanol–water partition coefficient (Wildman–Crippen LogP) is -0.493. The molecule has 0 amide bonds. The average Bonchev–Trinajstić information content (AvgIpc) is 2.64. The summed E-state index contributed by atoms with van der Waals surface area (Å²) >= 11 is 0. The number of hydrogen-bond acceptors (Lipinski definition) is 5. The van der Waals surface area contributed by atoms with Gasteiger partial charge in [0.1, 0.15) is 0 Å². The highest BCUT2D eigenvalue weighted by atomic mass is 16.4. The van der Waals surface area contributed by atoms with Gasteiger partial charge in [-0.15, -0.1) is 10.2 Å². The molecule has 16 heavy (non-hydrogen) atoms. The highest BCUT2D eigenvalue weighted by Crippen LogP contribution is 2.17. The van der Waals surface area contributed by atoms with Gasteiger partial charge >= 0.3 is 5.97 Å². The van der Waals surface area contributed by atoms with Gasteiger partial charge in [0.2, 0.25) is 0 Å². The number of rotatable bonds is 3. The van der Waals surface area contributed by atoms with E-state index < -0.39 is 5.97 Å². The monoisotopic (exact) mass is 225 g/mol. The molecule has 1 aliphatic rings. The Hall–Kier alpha value is -1.50. The van der Waals surface area contributed by atoms with E-state index in [4.69, 9.17) is 5.11 Å². The number of aryl methyl sites for hydroxylation is 1. The Labute approximate surface area is 93.0 Å². The van der Waals surface area contributed by atoms with Crippen LogP contribution in [0.15, 0.2) is 0 Å². The highest BCUT2D eigenvalue weighted by Gasteiger charge is 2.25. The van der Waals surface area contributed by atoms with E-state index in [-0.39, 0.29) is 5.92 Å². The number of carbonyl (C=O) groups is 1. The van der Waals surface area contributed by atoms with Crippen LogP contribution in [0.25, 0.3) is 0 Å². The van der Waals surface area contributed by atoms with Crippen molar-refractivity contribution in [1.82, 2.24) is 25.1 Å². The van der Waals surface area contributed by atoms with Gasteiger partial charge in [-0.25, -0.2) is 0 Å². The fourth-order valence-electron chi connectivity index (χ4n) is 1.99. The molecule has 1 aromatic rings. The number of tetrazole rings is 1. The van der Waals surface area contributed by atoms with Crippen molar-refractivity contribution in [1.29, 1.82) is 0 Å². The van der Waals surface area contributed by atoms with E-state index in [0.717, 1.165) is 19.4 Å². The number of nitrogens with zero attached hydrogens (tertiary/aromatic N) is 5. The maximum Gasteiger partial charge on any atom is 0.307 e. The van der Waals surface area contributed by atoms with Crippen LogP contribution in [0.4, 0.5) is 0 Å². The number of likely N-dealkylation sites (tertiary alicyclic amines) is 1. The largest absolute Gasteiger partial charge is 0.481 e. The Morgan fingerprint density at radius 3 is 3.06 bits per heavy atom. The second-order valence-corrected chi connectivity index (χ2v) is 4.11. The van der Waals surface area contributed by atoms with E-state index in [2.05, 4.69) is 20.3 Å². The standard InChI is InChI=1S/C9H15N5O2/c1-13-11-8(10-12-13)6-14-4-2-3-7(5-14)9(15)16/h7H,2-6H2,1H3,(H,15,16). The first-order valence-electron chi connectivity index (χ1n) is 5.33. The van der Waals surface area contributed by atoms with Crippen molar-refractivity contribution in [3.05, 3.63) is 5.82 Å². The Kier molecular flexibility index (Phi) is 3.14. The molecule has 0 bridgehead atoms. The van der Waals surface area contributed by atoms with Gasteiger partial charge in [-0.2, -0.15) is 4.80 Å². The van der Waals surface area contributed by atoms with Gasteiger partial charge in [0.25, 0.3) is 0 Å². The molecule has 0 saturated carbocycles. The first kappa shape index (κ1) is 11.0. The van der Waals surface area contributed by atoms with Crippen molar-refractivity contribution in [2.75, 3.05) is 13.1 Å². The van der Waals surface area contributed by atoms with Crippen LogP contribution < -0.4 is 0 Å². The Balaban J connectivity index is 1.92. The molecule has 1 N–H and O–H groups in total. The first-order valence-corrected chi connectivity index (χ1v) is 5.33. The minimum absolute atomic E-state index is 0.259. The van der Waals surface area contributed by atoms with E-state index in [1.807, 2.05) is 0 Å². The van der Waals surface area contributed by atoms with E-state index in [1.165, 1.54) is 4.80 Å². The number of carboxylic acids is 1. The van der Waals surface area contributed by atoms with Gasteiger partial charge in [0.15, 0.2) is 5.82 Å². The molecule has 1 aliphatic heterocycles. The number of hydrogen-bond donors (Lipinski definition) is 1. The van der Waals surface area contributed by atoms with E-state index in [9.17, 15) is 4.79 Å². The second-order valence-electron chi connectivity index (χ2n) is 4.11. The van der Waals surface area contributed by atoms with Crippen LogP contribution in [0.2, 0.25) is 0 Å². The molecular formula is C9H15N5O2. The summed E-state index contributed by atoms with van der Waals surface area (Å²) in [5, 5.41) is 20.7. The maximum atomic E-state index is 10.9. The summed E-state index contributed by atoms with van der Waals surface area (Å²) in [5.41, 5.74) is 0. The van der Waals surface area contributed by atoms with Gasteiger partial charge in [0.05, 0.1) is 19.5 Å². The van der Waals surface area contributed by atoms with Gasteiger partial charge < -0.3 is 5.11 Å². The molecule has 1 aromatic heterocycles. The van der Waals surface area contributed by atoms with Gasteiger partial charge in [-0.3, -0.25) is 9.69 Å². The Morgan fingerprint density at radius 2 is 2.44 bits per heavy atom. The number of carboxylic acid groups (broad SMARTS) is 1. The van der Waals surface area contributed by atoms with Crippen molar-refractivity contribution in [2.45, 2.75) is 19.4 Å². The van der Waals surface area contributed by atoms with Crippen LogP contribution in [0, 0.1) is 5.92 Å². The molecule has 1 saturated heterocycles. The smallest absolute Gasteiger partial charge is 0.307 e. The lowest BCUT2D eigenvalue weighted by Crippen LogP contribution is -2.38. The van der Waals surface area contributed by atoms with Gasteiger partial charge in [0, 0.05) is 6.54 Å². The highest BCUT2D eigenvalue weighted by molar-refractivity contribution is 5.70. The van der Waals surface area contributed by atoms with E-state index in [0.29, 0.717) is 18.9 Å². The molecule has 1 atom stereocenters. The predicted molar refractivity (Wildman–Crippen MR) is 54.4 cm³/mol. The minimum atomic E-state index is -0.711. The first-order chi connectivity index (χ1) is 7.65. The third-order valence-electron chi connectivity index (χ3n) is 2.77. The molecule has 1 unspecified atom stereocenters. The lowest BCUT2D eigenvalue weighted by atomic mass is 9.98. The Bertz CT molecular complexity index is 378. The summed E-state index contributed by atoms with van der Waals surface area (Å²) in [7, 11) is 1.72. The van der Waals surface area contributed by atoms with E-state index >= 15 is 0 Å². The number of piperidine rings is 1. The van der Waals surface area contributed by atoms with Crippen LogP contribution in [-0.2, 0) is 18.4 Å². The quantitative estimate of drug-likeness (QED) is 0.747. The molecule has 7 heteroatoms. The second kappa shape index (κ2) is 4.56. The van der Waals surface area contributed by atoms with Crippen molar-refractivity contribution < 1.29 is 9.90 Å². The van der Waals surface area contributed by atoms with Crippen LogP contribution in [-0.4, -0.2) is 49.3 Å². The zero-order valence-electron chi connectivity index (χ0n) is 9.20. The van der Waals surface area contributed by atoms with Crippen LogP contribution in [0.3, 0.4) is 0 Å². The zero-order valence-corrected chi connectivity index (χ0v) is 9.20. The van der Waals surface area contributed by atoms with E-state index in [1.54, 1.807) is 7.05 Å². The summed E-state index contributed by atoms with van der Waals surface area (Å²) in [5.74, 6) is -0.323. The normalized spacial score (nSPS) is 22.2. The molecule has 0 aliphatic carbocycles. The van der Waals surface area contributed by atoms with Crippen molar-refractivity contribution in [3.8, 4) is 0 Å². The topological polar surface area (TPSA) is 84.1 Å². The third kappa shape index (κ3) is 2.54. The van der Waals surface area contributed by atoms with Gasteiger partial charge in [-0.05, 0) is 24.6 Å². The van der Waals surface area contributed by atoms with Crippen LogP contribution in [0.5, 0.6) is 0 Å². The van der Waals surface area contributed by atoms with Crippen molar-refractivity contribution in [3.63, 3.8) is 0 Å². The number of aliphatic carboxylic acids is 1. The lowest BCUT2D eigenvalue weighted by Gasteiger charge is -2.29. The molecule has 2 heterocycles.